The lowest BCUT2D eigenvalue weighted by atomic mass is 9.93. The second-order valence-electron chi connectivity index (χ2n) is 6.08. The highest BCUT2D eigenvalue weighted by atomic mass is 32.3. The Morgan fingerprint density at radius 3 is 2.13 bits per heavy atom. The molecule has 0 spiro atoms. The van der Waals surface area contributed by atoms with Crippen LogP contribution in [0.1, 0.15) is 47.5 Å². The third-order valence-corrected chi connectivity index (χ3v) is 6.23. The van der Waals surface area contributed by atoms with Gasteiger partial charge in [0.05, 0.1) is 5.44 Å². The fraction of sp³-hybridized carbons (Fsp3) is 1.00. The molecule has 1 nitrogen and oxygen atoms in total. The zero-order valence-corrected chi connectivity index (χ0v) is 12.5. The first kappa shape index (κ1) is 15.3. The highest BCUT2D eigenvalue weighted by Crippen LogP contribution is 2.46. The maximum atomic E-state index is 5.97. The van der Waals surface area contributed by atoms with Crippen molar-refractivity contribution >= 4 is 10.0 Å². The van der Waals surface area contributed by atoms with Gasteiger partial charge in [-0.3, -0.25) is 0 Å². The van der Waals surface area contributed by atoms with Crippen LogP contribution in [0.4, 0.5) is 0 Å². The van der Waals surface area contributed by atoms with Crippen molar-refractivity contribution < 1.29 is 4.74 Å². The Labute approximate surface area is 98.3 Å². The molecule has 0 aromatic heterocycles. The maximum Gasteiger partial charge on any atom is 0.0845 e. The van der Waals surface area contributed by atoms with E-state index in [0.717, 1.165) is 13.0 Å². The molecular weight excluding hydrogens is 204 g/mol. The van der Waals surface area contributed by atoms with Crippen LogP contribution in [0.25, 0.3) is 0 Å². The largest absolute Gasteiger partial charge is 0.369 e. The quantitative estimate of drug-likeness (QED) is 0.667. The summed E-state index contributed by atoms with van der Waals surface area (Å²) in [5.74, 6) is 1.32. The van der Waals surface area contributed by atoms with Crippen molar-refractivity contribution in [1.82, 2.24) is 0 Å². The molecule has 0 saturated carbocycles. The monoisotopic (exact) mass is 234 g/mol. The molecule has 1 unspecified atom stereocenters. The van der Waals surface area contributed by atoms with Crippen LogP contribution in [0.3, 0.4) is 0 Å². The highest BCUT2D eigenvalue weighted by molar-refractivity contribution is 8.33. The molecule has 0 rings (SSSR count). The summed E-state index contributed by atoms with van der Waals surface area (Å²) in [5.41, 5.74) is 0.837. The van der Waals surface area contributed by atoms with Crippen molar-refractivity contribution in [3.8, 4) is 0 Å². The SMILES string of the molecule is CCCS(C)(C)C(C)OCCC(C)(C)C. The van der Waals surface area contributed by atoms with E-state index in [0.29, 0.717) is 10.9 Å². The van der Waals surface area contributed by atoms with Gasteiger partial charge in [0.25, 0.3) is 0 Å². The van der Waals surface area contributed by atoms with Gasteiger partial charge >= 0.3 is 0 Å². The minimum atomic E-state index is -0.550. The second kappa shape index (κ2) is 6.15. The predicted octanol–water partition coefficient (Wildman–Crippen LogP) is 4.26. The van der Waals surface area contributed by atoms with E-state index in [1.165, 1.54) is 12.2 Å². The van der Waals surface area contributed by atoms with Gasteiger partial charge in [0.2, 0.25) is 0 Å². The van der Waals surface area contributed by atoms with E-state index in [1.807, 2.05) is 0 Å². The average molecular weight is 234 g/mol. The average Bonchev–Trinajstić information content (AvgIpc) is 2.01. The summed E-state index contributed by atoms with van der Waals surface area (Å²) >= 11 is 0. The van der Waals surface area contributed by atoms with Crippen LogP contribution in [0.2, 0.25) is 0 Å². The zero-order chi connectivity index (χ0) is 12.1. The number of hydrogen-bond donors (Lipinski definition) is 0. The molecule has 0 aliphatic heterocycles. The van der Waals surface area contributed by atoms with Crippen molar-refractivity contribution in [3.05, 3.63) is 0 Å². The zero-order valence-electron chi connectivity index (χ0n) is 11.7. The van der Waals surface area contributed by atoms with E-state index in [-0.39, 0.29) is 0 Å². The highest BCUT2D eigenvalue weighted by Gasteiger charge is 2.20. The lowest BCUT2D eigenvalue weighted by Crippen LogP contribution is -2.21. The summed E-state index contributed by atoms with van der Waals surface area (Å²) < 4.78 is 5.97. The predicted molar refractivity (Wildman–Crippen MR) is 74.1 cm³/mol. The van der Waals surface area contributed by atoms with Gasteiger partial charge < -0.3 is 4.74 Å². The topological polar surface area (TPSA) is 9.23 Å². The van der Waals surface area contributed by atoms with Gasteiger partial charge in [-0.2, -0.15) is 0 Å². The molecule has 15 heavy (non-hydrogen) atoms. The molecule has 94 valence electrons. The molecule has 0 aliphatic carbocycles. The molecule has 0 aliphatic rings. The van der Waals surface area contributed by atoms with Gasteiger partial charge in [0, 0.05) is 6.61 Å². The maximum absolute atomic E-state index is 5.97. The van der Waals surface area contributed by atoms with Crippen LogP contribution in [0.5, 0.6) is 0 Å². The van der Waals surface area contributed by atoms with Crippen LogP contribution >= 0.6 is 10.0 Å². The molecule has 0 heterocycles. The molecule has 0 N–H and O–H groups in total. The van der Waals surface area contributed by atoms with Crippen LogP contribution < -0.4 is 0 Å². The first-order chi connectivity index (χ1) is 6.69. The number of ether oxygens (including phenoxy) is 1. The Kier molecular flexibility index (Phi) is 6.27. The second-order valence-corrected chi connectivity index (χ2v) is 10.4. The van der Waals surface area contributed by atoms with Gasteiger partial charge in [0.15, 0.2) is 0 Å². The van der Waals surface area contributed by atoms with E-state index in [2.05, 4.69) is 47.1 Å². The van der Waals surface area contributed by atoms with Crippen LogP contribution in [-0.2, 0) is 4.74 Å². The van der Waals surface area contributed by atoms with Crippen LogP contribution in [0.15, 0.2) is 0 Å². The molecule has 0 aromatic rings. The Balaban J connectivity index is 3.87. The Hall–Kier alpha value is 0.310. The van der Waals surface area contributed by atoms with E-state index in [1.54, 1.807) is 0 Å². The van der Waals surface area contributed by atoms with Crippen molar-refractivity contribution in [2.75, 3.05) is 24.9 Å². The normalized spacial score (nSPS) is 16.5. The third kappa shape index (κ3) is 7.24. The Morgan fingerprint density at radius 1 is 1.20 bits per heavy atom. The summed E-state index contributed by atoms with van der Waals surface area (Å²) in [6.07, 6.45) is 7.20. The summed E-state index contributed by atoms with van der Waals surface area (Å²) in [5, 5.41) is 0. The Morgan fingerprint density at radius 2 is 1.73 bits per heavy atom. The van der Waals surface area contributed by atoms with Gasteiger partial charge in [0.1, 0.15) is 0 Å². The van der Waals surface area contributed by atoms with Gasteiger partial charge in [-0.05, 0) is 43.4 Å². The minimum absolute atomic E-state index is 0.393. The van der Waals surface area contributed by atoms with Crippen molar-refractivity contribution in [1.29, 1.82) is 0 Å². The lowest BCUT2D eigenvalue weighted by Gasteiger charge is -2.37. The summed E-state index contributed by atoms with van der Waals surface area (Å²) in [6.45, 7) is 12.2. The molecule has 0 radical (unpaired) electrons. The number of hydrogen-bond acceptors (Lipinski definition) is 1. The first-order valence-corrected chi connectivity index (χ1v) is 8.69. The van der Waals surface area contributed by atoms with Gasteiger partial charge in [-0.1, -0.05) is 27.7 Å². The molecule has 0 aromatic carbocycles. The standard InChI is InChI=1S/C13H30OS/c1-8-11-15(6,7)12(2)14-10-9-13(3,4)5/h12H,8-11H2,1-7H3. The van der Waals surface area contributed by atoms with E-state index >= 15 is 0 Å². The fourth-order valence-corrected chi connectivity index (χ4v) is 3.26. The van der Waals surface area contributed by atoms with E-state index in [9.17, 15) is 0 Å². The smallest absolute Gasteiger partial charge is 0.0845 e. The summed E-state index contributed by atoms with van der Waals surface area (Å²) in [6, 6.07) is 0. The van der Waals surface area contributed by atoms with Crippen LogP contribution in [0, 0.1) is 5.41 Å². The lowest BCUT2D eigenvalue weighted by molar-refractivity contribution is 0.0970. The molecule has 0 amide bonds. The first-order valence-electron chi connectivity index (χ1n) is 6.00. The van der Waals surface area contributed by atoms with Crippen LogP contribution in [-0.4, -0.2) is 30.3 Å². The third-order valence-electron chi connectivity index (χ3n) is 2.83. The van der Waals surface area contributed by atoms with Crippen molar-refractivity contribution in [2.45, 2.75) is 52.9 Å². The molecule has 2 heteroatoms. The molecule has 1 atom stereocenters. The van der Waals surface area contributed by atoms with E-state index in [4.69, 9.17) is 4.74 Å². The van der Waals surface area contributed by atoms with Crippen molar-refractivity contribution in [2.24, 2.45) is 5.41 Å². The minimum Gasteiger partial charge on any atom is -0.369 e. The van der Waals surface area contributed by atoms with Gasteiger partial charge in [-0.15, -0.1) is 0 Å². The van der Waals surface area contributed by atoms with E-state index < -0.39 is 10.0 Å². The molecule has 0 bridgehead atoms. The Bertz CT molecular complexity index is 170. The summed E-state index contributed by atoms with van der Waals surface area (Å²) in [7, 11) is -0.550. The van der Waals surface area contributed by atoms with Gasteiger partial charge in [-0.25, -0.2) is 10.0 Å². The fourth-order valence-electron chi connectivity index (χ4n) is 1.41. The van der Waals surface area contributed by atoms with Crippen molar-refractivity contribution in [3.63, 3.8) is 0 Å². The molecule has 0 fully saturated rings. The molecule has 0 saturated heterocycles. The summed E-state index contributed by atoms with van der Waals surface area (Å²) in [4.78, 5) is 0. The molecular formula is C13H30OS. The number of rotatable bonds is 6.